The Hall–Kier alpha value is -1.78. The third-order valence-corrected chi connectivity index (χ3v) is 1.86. The summed E-state index contributed by atoms with van der Waals surface area (Å²) in [7, 11) is 0. The van der Waals surface area contributed by atoms with Crippen molar-refractivity contribution >= 4 is 0 Å². The number of hydrogen-bond donors (Lipinski definition) is 0. The Kier molecular flexibility index (Phi) is 2.22. The maximum atomic E-state index is 12.3. The van der Waals surface area contributed by atoms with E-state index in [9.17, 15) is 13.2 Å². The van der Waals surface area contributed by atoms with Crippen LogP contribution in [0.2, 0.25) is 0 Å². The van der Waals surface area contributed by atoms with Crippen LogP contribution in [0.25, 0.3) is 5.69 Å². The zero-order valence-corrected chi connectivity index (χ0v) is 7.49. The number of benzene rings is 1. The zero-order chi connectivity index (χ0) is 10.9. The van der Waals surface area contributed by atoms with E-state index in [2.05, 4.69) is 11.2 Å². The molecule has 0 aliphatic rings. The van der Waals surface area contributed by atoms with E-state index in [1.807, 2.05) is 0 Å². The molecule has 0 spiro atoms. The maximum absolute atomic E-state index is 12.3. The Morgan fingerprint density at radius 1 is 1.33 bits per heavy atom. The van der Waals surface area contributed by atoms with E-state index >= 15 is 0 Å². The molecule has 0 fully saturated rings. The Morgan fingerprint density at radius 3 is 2.73 bits per heavy atom. The van der Waals surface area contributed by atoms with Crippen molar-refractivity contribution in [1.82, 2.24) is 9.78 Å². The first-order valence-corrected chi connectivity index (χ1v) is 4.16. The van der Waals surface area contributed by atoms with Crippen molar-refractivity contribution < 1.29 is 13.2 Å². The van der Waals surface area contributed by atoms with Crippen LogP contribution >= 0.6 is 0 Å². The van der Waals surface area contributed by atoms with Crippen LogP contribution in [0.1, 0.15) is 5.56 Å². The van der Waals surface area contributed by atoms with Gasteiger partial charge in [0.05, 0.1) is 11.3 Å². The molecule has 77 valence electrons. The Balaban J connectivity index is 2.44. The summed E-state index contributed by atoms with van der Waals surface area (Å²) < 4.78 is 38.4. The first-order chi connectivity index (χ1) is 7.07. The van der Waals surface area contributed by atoms with Gasteiger partial charge in [-0.15, -0.1) is 0 Å². The van der Waals surface area contributed by atoms with Gasteiger partial charge in [0.15, 0.2) is 0 Å². The molecule has 1 aromatic heterocycles. The van der Waals surface area contributed by atoms with Crippen molar-refractivity contribution in [1.29, 1.82) is 0 Å². The number of alkyl halides is 3. The van der Waals surface area contributed by atoms with Crippen LogP contribution in [-0.2, 0) is 6.18 Å². The molecule has 0 aliphatic heterocycles. The molecule has 0 aliphatic carbocycles. The van der Waals surface area contributed by atoms with Crippen LogP contribution in [0.3, 0.4) is 0 Å². The predicted molar refractivity (Wildman–Crippen MR) is 47.4 cm³/mol. The molecule has 1 heterocycles. The van der Waals surface area contributed by atoms with Gasteiger partial charge in [-0.2, -0.15) is 18.3 Å². The van der Waals surface area contributed by atoms with Gasteiger partial charge in [-0.3, -0.25) is 0 Å². The summed E-state index contributed by atoms with van der Waals surface area (Å²) in [6.07, 6.45) is -1.29. The van der Waals surface area contributed by atoms with Crippen molar-refractivity contribution in [3.8, 4) is 5.69 Å². The van der Waals surface area contributed by atoms with Crippen molar-refractivity contribution in [2.24, 2.45) is 0 Å². The second-order valence-electron chi connectivity index (χ2n) is 2.91. The molecule has 0 N–H and O–H groups in total. The third-order valence-electron chi connectivity index (χ3n) is 1.86. The van der Waals surface area contributed by atoms with Gasteiger partial charge >= 0.3 is 6.18 Å². The highest BCUT2D eigenvalue weighted by atomic mass is 19.4. The molecule has 0 amide bonds. The Labute approximate surface area is 84.0 Å². The average molecular weight is 211 g/mol. The lowest BCUT2D eigenvalue weighted by atomic mass is 10.2. The van der Waals surface area contributed by atoms with Gasteiger partial charge in [0.1, 0.15) is 0 Å². The molecule has 0 bridgehead atoms. The molecule has 2 rings (SSSR count). The molecule has 0 atom stereocenters. The van der Waals surface area contributed by atoms with Gasteiger partial charge in [0, 0.05) is 12.4 Å². The van der Waals surface area contributed by atoms with Gasteiger partial charge in [0.25, 0.3) is 0 Å². The quantitative estimate of drug-likeness (QED) is 0.709. The number of rotatable bonds is 1. The van der Waals surface area contributed by atoms with E-state index < -0.39 is 11.7 Å². The van der Waals surface area contributed by atoms with Crippen LogP contribution in [0.5, 0.6) is 0 Å². The average Bonchev–Trinajstić information content (AvgIpc) is 2.69. The molecular formula is C10H6F3N2. The summed E-state index contributed by atoms with van der Waals surface area (Å²) in [5.74, 6) is 0. The van der Waals surface area contributed by atoms with E-state index in [0.717, 1.165) is 6.07 Å². The molecule has 0 saturated heterocycles. The van der Waals surface area contributed by atoms with Crippen molar-refractivity contribution in [3.63, 3.8) is 0 Å². The van der Waals surface area contributed by atoms with E-state index in [-0.39, 0.29) is 0 Å². The van der Waals surface area contributed by atoms with Crippen LogP contribution in [0.15, 0.2) is 36.7 Å². The summed E-state index contributed by atoms with van der Waals surface area (Å²) in [6.45, 7) is 0. The number of aromatic nitrogens is 2. The van der Waals surface area contributed by atoms with Crippen molar-refractivity contribution in [2.45, 2.75) is 6.18 Å². The predicted octanol–water partition coefficient (Wildman–Crippen LogP) is 2.69. The van der Waals surface area contributed by atoms with Gasteiger partial charge in [-0.25, -0.2) is 4.68 Å². The molecule has 0 unspecified atom stereocenters. The summed E-state index contributed by atoms with van der Waals surface area (Å²) in [5.41, 5.74) is -0.429. The van der Waals surface area contributed by atoms with Gasteiger partial charge in [-0.1, -0.05) is 6.07 Å². The van der Waals surface area contributed by atoms with Crippen molar-refractivity contribution in [2.75, 3.05) is 0 Å². The lowest BCUT2D eigenvalue weighted by molar-refractivity contribution is -0.137. The van der Waals surface area contributed by atoms with E-state index in [1.54, 1.807) is 12.3 Å². The smallest absolute Gasteiger partial charge is 0.241 e. The summed E-state index contributed by atoms with van der Waals surface area (Å²) in [6, 6.07) is 7.55. The minimum atomic E-state index is -4.37. The molecule has 15 heavy (non-hydrogen) atoms. The van der Waals surface area contributed by atoms with Crippen LogP contribution in [0, 0.1) is 6.07 Å². The normalized spacial score (nSPS) is 11.7. The summed E-state index contributed by atoms with van der Waals surface area (Å²) in [4.78, 5) is 0. The van der Waals surface area contributed by atoms with E-state index in [1.165, 1.54) is 23.0 Å². The van der Waals surface area contributed by atoms with Crippen molar-refractivity contribution in [3.05, 3.63) is 48.3 Å². The lowest BCUT2D eigenvalue weighted by Gasteiger charge is -2.07. The highest BCUT2D eigenvalue weighted by Crippen LogP contribution is 2.29. The fourth-order valence-corrected chi connectivity index (χ4v) is 1.18. The molecule has 5 heteroatoms. The monoisotopic (exact) mass is 211 g/mol. The fourth-order valence-electron chi connectivity index (χ4n) is 1.18. The first kappa shape index (κ1) is 9.76. The Morgan fingerprint density at radius 2 is 2.13 bits per heavy atom. The lowest BCUT2D eigenvalue weighted by Crippen LogP contribution is -2.06. The highest BCUT2D eigenvalue weighted by Gasteiger charge is 2.30. The minimum Gasteiger partial charge on any atom is -0.241 e. The fraction of sp³-hybridized carbons (Fsp3) is 0.100. The highest BCUT2D eigenvalue weighted by molar-refractivity contribution is 5.35. The molecule has 2 aromatic rings. The standard InChI is InChI=1S/C10H6F3N2/c11-10(12,13)8-3-1-4-9(7-8)15-6-2-5-14-15/h1-2,4-7H. The number of halogens is 3. The SMILES string of the molecule is FC(F)(F)c1[c]ccc(-n2cccn2)c1. The van der Waals surface area contributed by atoms with Crippen LogP contribution in [0.4, 0.5) is 13.2 Å². The second-order valence-corrected chi connectivity index (χ2v) is 2.91. The minimum absolute atomic E-state index is 0.367. The molecule has 0 saturated carbocycles. The number of hydrogen-bond acceptors (Lipinski definition) is 1. The summed E-state index contributed by atoms with van der Waals surface area (Å²) >= 11 is 0. The topological polar surface area (TPSA) is 17.8 Å². The van der Waals surface area contributed by atoms with Crippen LogP contribution < -0.4 is 0 Å². The first-order valence-electron chi connectivity index (χ1n) is 4.16. The molecule has 2 nitrogen and oxygen atoms in total. The molecule has 1 radical (unpaired) electrons. The molecular weight excluding hydrogens is 205 g/mol. The summed E-state index contributed by atoms with van der Waals surface area (Å²) in [5, 5.41) is 3.85. The van der Waals surface area contributed by atoms with E-state index in [0.29, 0.717) is 5.69 Å². The third kappa shape index (κ3) is 2.01. The molecule has 1 aromatic carbocycles. The van der Waals surface area contributed by atoms with Gasteiger partial charge in [0.2, 0.25) is 0 Å². The largest absolute Gasteiger partial charge is 0.417 e. The number of nitrogens with zero attached hydrogens (tertiary/aromatic N) is 2. The Bertz CT molecular complexity index is 446. The van der Waals surface area contributed by atoms with Gasteiger partial charge < -0.3 is 0 Å². The maximum Gasteiger partial charge on any atom is 0.417 e. The van der Waals surface area contributed by atoms with E-state index in [4.69, 9.17) is 0 Å². The second kappa shape index (κ2) is 3.42. The van der Waals surface area contributed by atoms with Gasteiger partial charge in [-0.05, 0) is 24.3 Å². The zero-order valence-electron chi connectivity index (χ0n) is 7.49. The van der Waals surface area contributed by atoms with Crippen LogP contribution in [-0.4, -0.2) is 9.78 Å².